The SMILES string of the molecule is COc1c(C(=O)NC2CC3CCC(C2)N3Cc2ccccc2)sc2ccncc12. The van der Waals surface area contributed by atoms with Crippen molar-refractivity contribution in [3.8, 4) is 5.75 Å². The zero-order valence-electron chi connectivity index (χ0n) is 16.5. The average Bonchev–Trinajstić information content (AvgIpc) is 3.22. The van der Waals surface area contributed by atoms with E-state index in [2.05, 4.69) is 45.5 Å². The predicted octanol–water partition coefficient (Wildman–Crippen LogP) is 4.23. The number of ether oxygens (including phenoxy) is 1. The van der Waals surface area contributed by atoms with Crippen molar-refractivity contribution in [3.63, 3.8) is 0 Å². The quantitative estimate of drug-likeness (QED) is 0.688. The van der Waals surface area contributed by atoms with Crippen LogP contribution in [0.15, 0.2) is 48.8 Å². The summed E-state index contributed by atoms with van der Waals surface area (Å²) in [6.45, 7) is 1.01. The van der Waals surface area contributed by atoms with Crippen LogP contribution >= 0.6 is 11.3 Å². The van der Waals surface area contributed by atoms with Crippen molar-refractivity contribution in [2.75, 3.05) is 7.11 Å². The molecule has 2 unspecified atom stereocenters. The van der Waals surface area contributed by atoms with Gasteiger partial charge in [0.05, 0.1) is 12.5 Å². The minimum Gasteiger partial charge on any atom is -0.494 e. The smallest absolute Gasteiger partial charge is 0.265 e. The topological polar surface area (TPSA) is 54.5 Å². The Morgan fingerprint density at radius 3 is 2.69 bits per heavy atom. The van der Waals surface area contributed by atoms with Crippen LogP contribution in [0.5, 0.6) is 5.75 Å². The molecule has 2 saturated heterocycles. The van der Waals surface area contributed by atoms with E-state index in [0.29, 0.717) is 22.7 Å². The van der Waals surface area contributed by atoms with Gasteiger partial charge < -0.3 is 10.1 Å². The number of nitrogens with one attached hydrogen (secondary N) is 1. The number of hydrogen-bond acceptors (Lipinski definition) is 5. The van der Waals surface area contributed by atoms with E-state index in [4.69, 9.17) is 4.74 Å². The van der Waals surface area contributed by atoms with Gasteiger partial charge in [-0.25, -0.2) is 0 Å². The van der Waals surface area contributed by atoms with E-state index in [1.807, 2.05) is 6.07 Å². The van der Waals surface area contributed by atoms with E-state index in [0.717, 1.165) is 29.5 Å². The van der Waals surface area contributed by atoms with Crippen LogP contribution in [0, 0.1) is 0 Å². The van der Waals surface area contributed by atoms with Gasteiger partial charge in [0.1, 0.15) is 4.88 Å². The molecule has 5 rings (SSSR count). The Bertz CT molecular complexity index is 1010. The third-order valence-electron chi connectivity index (χ3n) is 6.28. The summed E-state index contributed by atoms with van der Waals surface area (Å²) in [6.07, 6.45) is 8.00. The van der Waals surface area contributed by atoms with E-state index < -0.39 is 0 Å². The third kappa shape index (κ3) is 3.51. The molecule has 150 valence electrons. The number of pyridine rings is 1. The van der Waals surface area contributed by atoms with E-state index in [-0.39, 0.29) is 11.9 Å². The number of carbonyl (C=O) groups is 1. The van der Waals surface area contributed by atoms with Crippen LogP contribution in [-0.4, -0.2) is 41.0 Å². The molecule has 2 aliphatic heterocycles. The van der Waals surface area contributed by atoms with Gasteiger partial charge in [0.2, 0.25) is 0 Å². The first-order valence-corrected chi connectivity index (χ1v) is 11.1. The lowest BCUT2D eigenvalue weighted by Gasteiger charge is -2.39. The summed E-state index contributed by atoms with van der Waals surface area (Å²) in [5.41, 5.74) is 1.37. The van der Waals surface area contributed by atoms with Gasteiger partial charge in [-0.3, -0.25) is 14.7 Å². The van der Waals surface area contributed by atoms with Crippen molar-refractivity contribution in [2.24, 2.45) is 0 Å². The van der Waals surface area contributed by atoms with Crippen LogP contribution in [0.25, 0.3) is 10.1 Å². The Balaban J connectivity index is 1.29. The lowest BCUT2D eigenvalue weighted by atomic mass is 9.96. The minimum atomic E-state index is -0.0241. The molecule has 2 fully saturated rings. The molecular weight excluding hydrogens is 382 g/mol. The van der Waals surface area contributed by atoms with Crippen LogP contribution in [0.2, 0.25) is 0 Å². The molecule has 2 aromatic heterocycles. The highest BCUT2D eigenvalue weighted by atomic mass is 32.1. The second kappa shape index (κ2) is 7.76. The Morgan fingerprint density at radius 1 is 1.21 bits per heavy atom. The van der Waals surface area contributed by atoms with Crippen molar-refractivity contribution >= 4 is 27.3 Å². The fraction of sp³-hybridized carbons (Fsp3) is 0.391. The van der Waals surface area contributed by atoms with Crippen LogP contribution in [0.4, 0.5) is 0 Å². The molecule has 0 spiro atoms. The molecule has 3 aromatic rings. The second-order valence-electron chi connectivity index (χ2n) is 8.02. The summed E-state index contributed by atoms with van der Waals surface area (Å²) in [4.78, 5) is 20.5. The van der Waals surface area contributed by atoms with E-state index in [1.54, 1.807) is 19.5 Å². The van der Waals surface area contributed by atoms with E-state index in [1.165, 1.54) is 29.7 Å². The van der Waals surface area contributed by atoms with Crippen LogP contribution in [-0.2, 0) is 6.54 Å². The Hall–Kier alpha value is -2.44. The van der Waals surface area contributed by atoms with Crippen LogP contribution in [0.3, 0.4) is 0 Å². The Kier molecular flexibility index (Phi) is 4.97. The maximum absolute atomic E-state index is 13.1. The number of aromatic nitrogens is 1. The number of carbonyl (C=O) groups excluding carboxylic acids is 1. The summed E-state index contributed by atoms with van der Waals surface area (Å²) in [7, 11) is 1.62. The molecule has 1 amide bonds. The summed E-state index contributed by atoms with van der Waals surface area (Å²) < 4.78 is 6.58. The number of benzene rings is 1. The Morgan fingerprint density at radius 2 is 1.97 bits per heavy atom. The molecule has 4 heterocycles. The van der Waals surface area contributed by atoms with Gasteiger partial charge in [0.15, 0.2) is 5.75 Å². The van der Waals surface area contributed by atoms with Gasteiger partial charge in [-0.15, -0.1) is 11.3 Å². The zero-order chi connectivity index (χ0) is 19.8. The molecule has 2 atom stereocenters. The first-order valence-electron chi connectivity index (χ1n) is 10.2. The highest BCUT2D eigenvalue weighted by Gasteiger charge is 2.41. The summed E-state index contributed by atoms with van der Waals surface area (Å²) in [6, 6.07) is 13.9. The van der Waals surface area contributed by atoms with Gasteiger partial charge in [0.25, 0.3) is 5.91 Å². The number of amides is 1. The largest absolute Gasteiger partial charge is 0.494 e. The molecule has 2 aliphatic rings. The standard InChI is InChI=1S/C23H25N3O2S/c1-28-21-19-13-24-10-9-20(19)29-22(21)23(27)25-16-11-17-7-8-18(12-16)26(17)14-15-5-3-2-4-6-15/h2-6,9-10,13,16-18H,7-8,11-12,14H2,1H3,(H,25,27). The molecular formula is C23H25N3O2S. The van der Waals surface area contributed by atoms with E-state index >= 15 is 0 Å². The summed E-state index contributed by atoms with van der Waals surface area (Å²) in [5, 5.41) is 4.21. The maximum Gasteiger partial charge on any atom is 0.265 e. The van der Waals surface area contributed by atoms with Crippen molar-refractivity contribution in [1.82, 2.24) is 15.2 Å². The fourth-order valence-electron chi connectivity index (χ4n) is 4.97. The Labute approximate surface area is 174 Å². The number of methoxy groups -OCH3 is 1. The summed E-state index contributed by atoms with van der Waals surface area (Å²) >= 11 is 1.48. The van der Waals surface area contributed by atoms with E-state index in [9.17, 15) is 4.79 Å². The molecule has 6 heteroatoms. The predicted molar refractivity (Wildman–Crippen MR) is 115 cm³/mol. The number of fused-ring (bicyclic) bond motifs is 3. The van der Waals surface area contributed by atoms with Gasteiger partial charge >= 0.3 is 0 Å². The average molecular weight is 408 g/mol. The molecule has 1 N–H and O–H groups in total. The van der Waals surface area contributed by atoms with Gasteiger partial charge in [-0.2, -0.15) is 0 Å². The van der Waals surface area contributed by atoms with Gasteiger partial charge in [0, 0.05) is 41.8 Å². The molecule has 0 aliphatic carbocycles. The van der Waals surface area contributed by atoms with Gasteiger partial charge in [-0.05, 0) is 37.3 Å². The van der Waals surface area contributed by atoms with Crippen molar-refractivity contribution in [1.29, 1.82) is 0 Å². The highest BCUT2D eigenvalue weighted by Crippen LogP contribution is 2.39. The van der Waals surface area contributed by atoms with Crippen molar-refractivity contribution in [2.45, 2.75) is 50.4 Å². The second-order valence-corrected chi connectivity index (χ2v) is 9.07. The third-order valence-corrected chi connectivity index (χ3v) is 7.43. The monoisotopic (exact) mass is 407 g/mol. The van der Waals surface area contributed by atoms with Crippen molar-refractivity contribution in [3.05, 3.63) is 59.2 Å². The highest BCUT2D eigenvalue weighted by molar-refractivity contribution is 7.21. The molecule has 2 bridgehead atoms. The van der Waals surface area contributed by atoms with Crippen LogP contribution < -0.4 is 10.1 Å². The number of hydrogen-bond donors (Lipinski definition) is 1. The zero-order valence-corrected chi connectivity index (χ0v) is 17.3. The lowest BCUT2D eigenvalue weighted by Crippen LogP contribution is -2.49. The maximum atomic E-state index is 13.1. The molecule has 0 saturated carbocycles. The first kappa shape index (κ1) is 18.6. The van der Waals surface area contributed by atoms with Gasteiger partial charge in [-0.1, -0.05) is 30.3 Å². The number of rotatable bonds is 5. The molecule has 0 radical (unpaired) electrons. The van der Waals surface area contributed by atoms with Crippen LogP contribution in [0.1, 0.15) is 40.9 Å². The molecule has 5 nitrogen and oxygen atoms in total. The minimum absolute atomic E-state index is 0.0241. The fourth-order valence-corrected chi connectivity index (χ4v) is 6.01. The first-order chi connectivity index (χ1) is 14.2. The lowest BCUT2D eigenvalue weighted by molar-refractivity contribution is 0.0829. The molecule has 29 heavy (non-hydrogen) atoms. The number of nitrogens with zero attached hydrogens (tertiary/aromatic N) is 2. The summed E-state index contributed by atoms with van der Waals surface area (Å²) in [5.74, 6) is 0.615. The number of piperidine rings is 1. The van der Waals surface area contributed by atoms with Crippen molar-refractivity contribution < 1.29 is 9.53 Å². The number of thiophene rings is 1. The molecule has 1 aromatic carbocycles. The normalized spacial score (nSPS) is 24.0.